The molecular formula is C6H17KO4PS+. The molecule has 7 heteroatoms. The quantitative estimate of drug-likeness (QED) is 0.197. The van der Waals surface area contributed by atoms with Gasteiger partial charge in [0.1, 0.15) is 11.5 Å². The minimum atomic E-state index is -3.12. The smallest absolute Gasteiger partial charge is 0.870 e. The third-order valence-electron chi connectivity index (χ3n) is 0.763. The molecule has 4 nitrogen and oxygen atoms in total. The van der Waals surface area contributed by atoms with Crippen LogP contribution in [-0.2, 0) is 16.3 Å². The maximum Gasteiger partial charge on any atom is 1.00 e. The molecule has 0 aliphatic carbocycles. The van der Waals surface area contributed by atoms with Crippen molar-refractivity contribution >= 4 is 20.0 Å². The van der Waals surface area contributed by atoms with Crippen LogP contribution in [0.5, 0.6) is 0 Å². The first-order valence-corrected chi connectivity index (χ1v) is 6.01. The van der Waals surface area contributed by atoms with E-state index in [0.717, 1.165) is 0 Å². The first kappa shape index (κ1) is 24.3. The van der Waals surface area contributed by atoms with Crippen molar-refractivity contribution in [1.29, 1.82) is 0 Å². The van der Waals surface area contributed by atoms with Gasteiger partial charge in [-0.25, -0.2) is 0 Å². The Morgan fingerprint density at radius 1 is 1.31 bits per heavy atom. The molecule has 0 spiro atoms. The Balaban J connectivity index is -0.0000000600. The summed E-state index contributed by atoms with van der Waals surface area (Å²) in [5, 5.41) is 0. The van der Waals surface area contributed by atoms with Gasteiger partial charge in [-0.3, -0.25) is 0 Å². The molecule has 0 aliphatic heterocycles. The van der Waals surface area contributed by atoms with E-state index in [9.17, 15) is 0 Å². The molecule has 0 aromatic carbocycles. The first-order chi connectivity index (χ1) is 5.15. The van der Waals surface area contributed by atoms with Gasteiger partial charge in [-0.15, -0.1) is 0 Å². The van der Waals surface area contributed by atoms with E-state index in [1.165, 1.54) is 24.3 Å². The summed E-state index contributed by atoms with van der Waals surface area (Å²) < 4.78 is 8.59. The Kier molecular flexibility index (Phi) is 44.1. The average Bonchev–Trinajstić information content (AvgIpc) is 1.88. The third kappa shape index (κ3) is 56.2. The molecule has 0 aliphatic rings. The Bertz CT molecular complexity index is 88.7. The van der Waals surface area contributed by atoms with Crippen LogP contribution in [0.15, 0.2) is 0 Å². The monoisotopic (exact) mass is 255 g/mol. The van der Waals surface area contributed by atoms with Crippen LogP contribution < -0.4 is 56.3 Å². The molecule has 0 rings (SSSR count). The van der Waals surface area contributed by atoms with Crippen LogP contribution >= 0.6 is 8.25 Å². The fourth-order valence-electron chi connectivity index (χ4n) is 0.428. The van der Waals surface area contributed by atoms with Gasteiger partial charge >= 0.3 is 59.6 Å². The topological polar surface area (TPSA) is 90.4 Å². The van der Waals surface area contributed by atoms with Gasteiger partial charge in [-0.05, 0) is 29.2 Å². The summed E-state index contributed by atoms with van der Waals surface area (Å²) in [6.45, 7) is 4.48. The minimum Gasteiger partial charge on any atom is -0.870 e. The number of hydrogen-bond acceptors (Lipinski definition) is 3. The Labute approximate surface area is 128 Å². The summed E-state index contributed by atoms with van der Waals surface area (Å²) in [5.74, 6) is 2.79. The van der Waals surface area contributed by atoms with Crippen LogP contribution in [-0.4, -0.2) is 21.9 Å². The zero-order valence-electron chi connectivity index (χ0n) is 8.43. The zero-order valence-corrected chi connectivity index (χ0v) is 13.3. The normalized spacial score (nSPS) is 8.46. The van der Waals surface area contributed by atoms with Gasteiger partial charge in [0.2, 0.25) is 0 Å². The van der Waals surface area contributed by atoms with Gasteiger partial charge in [0.15, 0.2) is 0 Å². The van der Waals surface area contributed by atoms with Gasteiger partial charge in [0.25, 0.3) is 0 Å². The largest absolute Gasteiger partial charge is 1.00 e. The molecule has 0 aromatic rings. The Hall–Kier alpha value is 1.97. The molecule has 0 amide bonds. The zero-order chi connectivity index (χ0) is 9.11. The summed E-state index contributed by atoms with van der Waals surface area (Å²) in [6.07, 6.45) is 2.70. The molecule has 0 saturated heterocycles. The van der Waals surface area contributed by atoms with Crippen molar-refractivity contribution in [3.05, 3.63) is 0 Å². The molecule has 0 bridgehead atoms. The van der Waals surface area contributed by atoms with E-state index in [0.29, 0.717) is 0 Å². The van der Waals surface area contributed by atoms with Crippen LogP contribution in [0.3, 0.4) is 0 Å². The number of rotatable bonds is 4. The molecule has 76 valence electrons. The standard InChI is InChI=1S/C6H14S.K.HO3P.H2O/c1-3-5-7-6-4-2;;1-4(2)3;/h3-6H2,1-2H3;;(H,1,2,3);1H2/q;+1;;. The maximum atomic E-state index is 8.59. The first-order valence-electron chi connectivity index (χ1n) is 3.61. The summed E-state index contributed by atoms with van der Waals surface area (Å²) in [4.78, 5) is 15.6. The van der Waals surface area contributed by atoms with Gasteiger partial charge in [-0.2, -0.15) is 4.89 Å². The molecular weight excluding hydrogens is 238 g/mol. The van der Waals surface area contributed by atoms with Crippen LogP contribution in [0, 0.1) is 0 Å². The van der Waals surface area contributed by atoms with Gasteiger partial charge in [-0.1, -0.05) is 13.8 Å². The van der Waals surface area contributed by atoms with Crippen LogP contribution in [0.25, 0.3) is 0 Å². The molecule has 1 atom stereocenters. The molecule has 0 saturated carbocycles. The van der Waals surface area contributed by atoms with E-state index in [2.05, 4.69) is 13.8 Å². The van der Waals surface area contributed by atoms with E-state index in [1.54, 1.807) is 11.8 Å². The van der Waals surface area contributed by atoms with Crippen LogP contribution in [0.4, 0.5) is 0 Å². The van der Waals surface area contributed by atoms with Crippen molar-refractivity contribution in [2.75, 3.05) is 11.5 Å². The molecule has 0 heterocycles. The summed E-state index contributed by atoms with van der Waals surface area (Å²) >= 11 is 1.64. The van der Waals surface area contributed by atoms with Crippen molar-refractivity contribution in [2.24, 2.45) is 0 Å². The van der Waals surface area contributed by atoms with E-state index < -0.39 is 8.25 Å². The van der Waals surface area contributed by atoms with Gasteiger partial charge in [0, 0.05) is 0 Å². The Morgan fingerprint density at radius 3 is 1.69 bits per heavy atom. The Morgan fingerprint density at radius 2 is 1.54 bits per heavy atom. The SMILES string of the molecule is CCC[SH+]CCC.O=[P+]([O-])O.[K+].[OH-]. The van der Waals surface area contributed by atoms with Crippen molar-refractivity contribution in [1.82, 2.24) is 0 Å². The maximum absolute atomic E-state index is 8.59. The van der Waals surface area contributed by atoms with Gasteiger partial charge in [0.05, 0.1) is 0 Å². The van der Waals surface area contributed by atoms with Crippen molar-refractivity contribution in [2.45, 2.75) is 26.7 Å². The number of thiol groups is 1. The van der Waals surface area contributed by atoms with E-state index in [4.69, 9.17) is 14.4 Å². The minimum absolute atomic E-state index is 0. The molecule has 13 heavy (non-hydrogen) atoms. The molecule has 0 fully saturated rings. The van der Waals surface area contributed by atoms with Crippen molar-refractivity contribution < 1.29 is 71.2 Å². The molecule has 0 radical (unpaired) electrons. The molecule has 0 aromatic heterocycles. The molecule has 1 unspecified atom stereocenters. The van der Waals surface area contributed by atoms with Crippen molar-refractivity contribution in [3.8, 4) is 0 Å². The fraction of sp³-hybridized carbons (Fsp3) is 1.00. The summed E-state index contributed by atoms with van der Waals surface area (Å²) in [7, 11) is -3.12. The van der Waals surface area contributed by atoms with E-state index >= 15 is 0 Å². The number of hydrogen-bond donors (Lipinski definition) is 1. The van der Waals surface area contributed by atoms with Crippen LogP contribution in [0.2, 0.25) is 0 Å². The van der Waals surface area contributed by atoms with Gasteiger partial charge < -0.3 is 10.4 Å². The summed E-state index contributed by atoms with van der Waals surface area (Å²) in [5.41, 5.74) is 0. The molecule has 2 N–H and O–H groups in total. The van der Waals surface area contributed by atoms with E-state index in [1.807, 2.05) is 0 Å². The van der Waals surface area contributed by atoms with Crippen molar-refractivity contribution in [3.63, 3.8) is 0 Å². The average molecular weight is 255 g/mol. The fourth-order valence-corrected chi connectivity index (χ4v) is 1.28. The van der Waals surface area contributed by atoms with E-state index in [-0.39, 0.29) is 56.9 Å². The third-order valence-corrected chi connectivity index (χ3v) is 2.29. The van der Waals surface area contributed by atoms with Crippen LogP contribution in [0.1, 0.15) is 26.7 Å². The second-order valence-electron chi connectivity index (χ2n) is 1.91. The second-order valence-corrected chi connectivity index (χ2v) is 3.73. The second kappa shape index (κ2) is 23.6. The predicted molar refractivity (Wildman–Crippen MR) is 50.8 cm³/mol. The predicted octanol–water partition coefficient (Wildman–Crippen LogP) is -2.56. The summed E-state index contributed by atoms with van der Waals surface area (Å²) in [6, 6.07) is 0.